The number of primary amides is 1. The maximum Gasteiger partial charge on any atom is 0.306 e. The number of esters is 1. The average Bonchev–Trinajstić information content (AvgIpc) is 3.50. The molecule has 1 fully saturated rings. The van der Waals surface area contributed by atoms with Crippen LogP contribution in [0.1, 0.15) is 81.1 Å². The number of nitrogens with two attached hydrogens (primary N) is 1. The molecule has 1 saturated heterocycles. The molecule has 2 aliphatic rings. The second kappa shape index (κ2) is 12.2. The lowest BCUT2D eigenvalue weighted by Crippen LogP contribution is -2.45. The maximum absolute atomic E-state index is 13.2. The first kappa shape index (κ1) is 31.4. The van der Waals surface area contributed by atoms with Gasteiger partial charge in [0.25, 0.3) is 5.91 Å². The van der Waals surface area contributed by atoms with Crippen LogP contribution in [0.15, 0.2) is 48.5 Å². The summed E-state index contributed by atoms with van der Waals surface area (Å²) in [6.07, 6.45) is 0.961. The summed E-state index contributed by atoms with van der Waals surface area (Å²) in [6, 6.07) is 14.6. The summed E-state index contributed by atoms with van der Waals surface area (Å²) in [7, 11) is 0. The third-order valence-corrected chi connectivity index (χ3v) is 7.97. The van der Waals surface area contributed by atoms with Crippen LogP contribution in [0.3, 0.4) is 0 Å². The highest BCUT2D eigenvalue weighted by molar-refractivity contribution is 6.01. The number of aliphatic hydroxyl groups is 1. The molecule has 0 spiro atoms. The third-order valence-electron chi connectivity index (χ3n) is 7.97. The van der Waals surface area contributed by atoms with Crippen LogP contribution < -0.4 is 10.5 Å². The molecule has 10 nitrogen and oxygen atoms in total. The predicted octanol–water partition coefficient (Wildman–Crippen LogP) is 4.05. The Kier molecular flexibility index (Phi) is 8.68. The van der Waals surface area contributed by atoms with Gasteiger partial charge in [-0.05, 0) is 95.0 Å². The summed E-state index contributed by atoms with van der Waals surface area (Å²) in [4.78, 5) is 46.1. The van der Waals surface area contributed by atoms with Gasteiger partial charge in [-0.15, -0.1) is 0 Å². The molecule has 0 saturated carbocycles. The number of hydrogen-bond donors (Lipinski definition) is 2. The maximum atomic E-state index is 13.2. The number of rotatable bonds is 10. The highest BCUT2D eigenvalue weighted by Crippen LogP contribution is 2.31. The van der Waals surface area contributed by atoms with Gasteiger partial charge >= 0.3 is 5.97 Å². The molecule has 2 amide bonds. The van der Waals surface area contributed by atoms with Gasteiger partial charge in [-0.3, -0.25) is 19.3 Å². The molecule has 234 valence electrons. The number of nitrogens with zero attached hydrogens (tertiary/aromatic N) is 3. The van der Waals surface area contributed by atoms with Crippen LogP contribution in [0.5, 0.6) is 5.75 Å². The molecule has 3 heterocycles. The number of ether oxygens (including phenoxy) is 2. The van der Waals surface area contributed by atoms with E-state index in [1.54, 1.807) is 46.8 Å². The van der Waals surface area contributed by atoms with E-state index >= 15 is 0 Å². The molecule has 2 aliphatic heterocycles. The Balaban J connectivity index is 1.17. The van der Waals surface area contributed by atoms with E-state index < -0.39 is 29.1 Å². The first-order valence-corrected chi connectivity index (χ1v) is 15.1. The molecule has 5 rings (SSSR count). The van der Waals surface area contributed by atoms with E-state index in [0.717, 1.165) is 42.5 Å². The van der Waals surface area contributed by atoms with Crippen molar-refractivity contribution in [2.24, 2.45) is 5.73 Å². The zero-order valence-corrected chi connectivity index (χ0v) is 26.1. The Morgan fingerprint density at radius 1 is 1.09 bits per heavy atom. The molecule has 2 atom stereocenters. The van der Waals surface area contributed by atoms with E-state index in [1.165, 1.54) is 10.5 Å². The van der Waals surface area contributed by atoms with Crippen molar-refractivity contribution < 1.29 is 29.0 Å². The molecule has 3 aromatic rings. The van der Waals surface area contributed by atoms with Crippen LogP contribution in [0.25, 0.3) is 10.9 Å². The predicted molar refractivity (Wildman–Crippen MR) is 166 cm³/mol. The largest absolute Gasteiger partial charge is 0.489 e. The second-order valence-corrected chi connectivity index (χ2v) is 13.3. The van der Waals surface area contributed by atoms with Crippen LogP contribution in [0.4, 0.5) is 0 Å². The normalized spacial score (nSPS) is 18.0. The van der Waals surface area contributed by atoms with Crippen molar-refractivity contribution in [3.05, 3.63) is 70.9 Å². The second-order valence-electron chi connectivity index (χ2n) is 13.3. The number of carbonyl (C=O) groups excluding carboxylic acids is 3. The molecule has 3 N–H and O–H groups in total. The molecule has 1 aromatic heterocycles. The standard InChI is InChI=1S/C34H42N4O6/c1-33(2,3)44-30(39)13-11-28(31(35)40)38-19-23-17-24(8-9-26(23)32(38)41)43-25-14-15-37(20-25)18-21-6-10-27-22(16-21)7-12-29(36-27)34(4,5)42/h6-10,12,16-17,25,28,42H,11,13-15,18-20H2,1-5H3,(H2,35,40)/t25-,28-/m0/s1. The van der Waals surface area contributed by atoms with Gasteiger partial charge in [-0.25, -0.2) is 4.98 Å². The van der Waals surface area contributed by atoms with E-state index in [-0.39, 0.29) is 31.4 Å². The summed E-state index contributed by atoms with van der Waals surface area (Å²) < 4.78 is 11.7. The van der Waals surface area contributed by atoms with Gasteiger partial charge in [0.05, 0.1) is 11.2 Å². The number of amides is 2. The number of likely N-dealkylation sites (tertiary alicyclic amines) is 1. The van der Waals surface area contributed by atoms with E-state index in [4.69, 9.17) is 15.2 Å². The summed E-state index contributed by atoms with van der Waals surface area (Å²) >= 11 is 0. The molecule has 0 aliphatic carbocycles. The molecule has 0 radical (unpaired) electrons. The SMILES string of the molecule is CC(C)(C)OC(=O)CC[C@@H](C(N)=O)N1Cc2cc(O[C@H]3CCN(Cc4ccc5nc(C(C)(C)O)ccc5c4)C3)ccc2C1=O. The molecule has 10 heteroatoms. The fourth-order valence-electron chi connectivity index (χ4n) is 5.85. The zero-order chi connectivity index (χ0) is 31.8. The summed E-state index contributed by atoms with van der Waals surface area (Å²) in [6.45, 7) is 11.5. The van der Waals surface area contributed by atoms with Crippen LogP contribution in [0, 0.1) is 0 Å². The minimum absolute atomic E-state index is 0.00456. The van der Waals surface area contributed by atoms with E-state index in [0.29, 0.717) is 17.0 Å². The third kappa shape index (κ3) is 7.36. The Morgan fingerprint density at radius 3 is 2.57 bits per heavy atom. The Bertz CT molecular complexity index is 1570. The molecule has 0 bridgehead atoms. The highest BCUT2D eigenvalue weighted by Gasteiger charge is 2.36. The quantitative estimate of drug-likeness (QED) is 0.332. The monoisotopic (exact) mass is 602 g/mol. The first-order chi connectivity index (χ1) is 20.7. The smallest absolute Gasteiger partial charge is 0.306 e. The fourth-order valence-corrected chi connectivity index (χ4v) is 5.85. The van der Waals surface area contributed by atoms with Crippen molar-refractivity contribution in [2.75, 3.05) is 13.1 Å². The lowest BCUT2D eigenvalue weighted by atomic mass is 10.0. The lowest BCUT2D eigenvalue weighted by Gasteiger charge is -2.25. The summed E-state index contributed by atoms with van der Waals surface area (Å²) in [5.74, 6) is -0.700. The Labute approximate surface area is 258 Å². The molecular formula is C34H42N4O6. The van der Waals surface area contributed by atoms with Crippen LogP contribution in [0.2, 0.25) is 0 Å². The number of benzene rings is 2. The fraction of sp³-hybridized carbons (Fsp3) is 0.471. The van der Waals surface area contributed by atoms with Crippen LogP contribution >= 0.6 is 0 Å². The number of aromatic nitrogens is 1. The number of pyridine rings is 1. The molecule has 44 heavy (non-hydrogen) atoms. The number of fused-ring (bicyclic) bond motifs is 2. The van der Waals surface area contributed by atoms with Crippen LogP contribution in [-0.4, -0.2) is 68.5 Å². The van der Waals surface area contributed by atoms with Crippen molar-refractivity contribution >= 4 is 28.7 Å². The van der Waals surface area contributed by atoms with Crippen molar-refractivity contribution in [2.45, 2.75) is 90.3 Å². The van der Waals surface area contributed by atoms with Crippen molar-refractivity contribution in [1.29, 1.82) is 0 Å². The summed E-state index contributed by atoms with van der Waals surface area (Å²) in [5.41, 5.74) is 8.00. The van der Waals surface area contributed by atoms with Gasteiger partial charge in [-0.1, -0.05) is 12.1 Å². The van der Waals surface area contributed by atoms with E-state index in [9.17, 15) is 19.5 Å². The van der Waals surface area contributed by atoms with Crippen molar-refractivity contribution in [1.82, 2.24) is 14.8 Å². The van der Waals surface area contributed by atoms with Gasteiger partial charge in [-0.2, -0.15) is 0 Å². The molecule has 0 unspecified atom stereocenters. The summed E-state index contributed by atoms with van der Waals surface area (Å²) in [5, 5.41) is 11.3. The van der Waals surface area contributed by atoms with Crippen molar-refractivity contribution in [3.8, 4) is 5.75 Å². The molecular weight excluding hydrogens is 560 g/mol. The molecule has 2 aromatic carbocycles. The van der Waals surface area contributed by atoms with Gasteiger partial charge < -0.3 is 25.2 Å². The minimum Gasteiger partial charge on any atom is -0.489 e. The Hall–Kier alpha value is -4.02. The lowest BCUT2D eigenvalue weighted by molar-refractivity contribution is -0.155. The highest BCUT2D eigenvalue weighted by atomic mass is 16.6. The minimum atomic E-state index is -0.986. The zero-order valence-electron chi connectivity index (χ0n) is 26.1. The average molecular weight is 603 g/mol. The topological polar surface area (TPSA) is 135 Å². The number of hydrogen-bond acceptors (Lipinski definition) is 8. The van der Waals surface area contributed by atoms with Gasteiger partial charge in [0.15, 0.2) is 0 Å². The van der Waals surface area contributed by atoms with Gasteiger partial charge in [0, 0.05) is 43.5 Å². The van der Waals surface area contributed by atoms with Crippen LogP contribution in [-0.2, 0) is 33.0 Å². The Morgan fingerprint density at radius 2 is 1.86 bits per heavy atom. The van der Waals surface area contributed by atoms with Gasteiger partial charge in [0.2, 0.25) is 5.91 Å². The van der Waals surface area contributed by atoms with E-state index in [1.807, 2.05) is 24.3 Å². The first-order valence-electron chi connectivity index (χ1n) is 15.1. The van der Waals surface area contributed by atoms with Crippen molar-refractivity contribution in [3.63, 3.8) is 0 Å². The number of carbonyl (C=O) groups is 3. The van der Waals surface area contributed by atoms with Gasteiger partial charge in [0.1, 0.15) is 29.1 Å². The van der Waals surface area contributed by atoms with E-state index in [2.05, 4.69) is 22.0 Å².